The average Bonchev–Trinajstić information content (AvgIpc) is 2.63. The van der Waals surface area contributed by atoms with Crippen LogP contribution in [0.15, 0.2) is 47.6 Å². The van der Waals surface area contributed by atoms with Crippen LogP contribution in [0.5, 0.6) is 11.5 Å². The summed E-state index contributed by atoms with van der Waals surface area (Å²) < 4.78 is 23.7. The molecule has 2 N–H and O–H groups in total. The van der Waals surface area contributed by atoms with Crippen molar-refractivity contribution in [2.75, 3.05) is 19.5 Å². The zero-order valence-electron chi connectivity index (χ0n) is 13.6. The van der Waals surface area contributed by atoms with E-state index in [1.165, 1.54) is 44.7 Å². The minimum Gasteiger partial charge on any atom is -0.497 e. The number of halogens is 1. The third-order valence-corrected chi connectivity index (χ3v) is 3.14. The predicted molar refractivity (Wildman–Crippen MR) is 90.3 cm³/mol. The summed E-state index contributed by atoms with van der Waals surface area (Å²) in [6.45, 7) is 0. The highest BCUT2D eigenvalue weighted by Crippen LogP contribution is 2.22. The van der Waals surface area contributed by atoms with E-state index in [0.29, 0.717) is 17.1 Å². The largest absolute Gasteiger partial charge is 0.497 e. The van der Waals surface area contributed by atoms with Crippen LogP contribution < -0.4 is 20.2 Å². The number of benzene rings is 2. The standard InChI is InChI=1S/C17H16FN3O4/c1-24-12-8-7-11(15(9-12)25-2)10-19-21-17(23)16(22)20-14-6-4-3-5-13(14)18/h3-10H,1-2H3,(H,20,22)(H,21,23). The van der Waals surface area contributed by atoms with E-state index in [9.17, 15) is 14.0 Å². The van der Waals surface area contributed by atoms with Gasteiger partial charge in [0.15, 0.2) is 0 Å². The van der Waals surface area contributed by atoms with Crippen molar-refractivity contribution < 1.29 is 23.5 Å². The summed E-state index contributed by atoms with van der Waals surface area (Å²) in [4.78, 5) is 23.4. The Morgan fingerprint density at radius 1 is 1.08 bits per heavy atom. The summed E-state index contributed by atoms with van der Waals surface area (Å²) in [7, 11) is 3.00. The molecule has 8 heteroatoms. The van der Waals surface area contributed by atoms with Crippen molar-refractivity contribution in [2.24, 2.45) is 5.10 Å². The Hall–Kier alpha value is -3.42. The molecule has 0 fully saturated rings. The Kier molecular flexibility index (Phi) is 6.05. The summed E-state index contributed by atoms with van der Waals surface area (Å²) in [6.07, 6.45) is 1.31. The van der Waals surface area contributed by atoms with Gasteiger partial charge in [-0.2, -0.15) is 5.10 Å². The van der Waals surface area contributed by atoms with Crippen molar-refractivity contribution in [3.63, 3.8) is 0 Å². The molecule has 0 bridgehead atoms. The number of rotatable bonds is 5. The zero-order valence-corrected chi connectivity index (χ0v) is 13.6. The molecule has 0 aliphatic rings. The molecule has 130 valence electrons. The second kappa shape index (κ2) is 8.44. The summed E-state index contributed by atoms with van der Waals surface area (Å²) in [5.74, 6) is -1.64. The van der Waals surface area contributed by atoms with Gasteiger partial charge in [0, 0.05) is 11.6 Å². The molecule has 0 radical (unpaired) electrons. The molecule has 0 spiro atoms. The lowest BCUT2D eigenvalue weighted by Gasteiger charge is -2.07. The van der Waals surface area contributed by atoms with Crippen molar-refractivity contribution >= 4 is 23.7 Å². The lowest BCUT2D eigenvalue weighted by molar-refractivity contribution is -0.136. The number of ether oxygens (including phenoxy) is 2. The van der Waals surface area contributed by atoms with Crippen LogP contribution in [0.25, 0.3) is 0 Å². The van der Waals surface area contributed by atoms with E-state index < -0.39 is 17.6 Å². The van der Waals surface area contributed by atoms with E-state index in [-0.39, 0.29) is 5.69 Å². The molecule has 2 aromatic carbocycles. The van der Waals surface area contributed by atoms with Crippen molar-refractivity contribution in [3.05, 3.63) is 53.8 Å². The van der Waals surface area contributed by atoms with E-state index in [1.54, 1.807) is 18.2 Å². The number of hydrogen-bond donors (Lipinski definition) is 2. The van der Waals surface area contributed by atoms with Gasteiger partial charge in [-0.25, -0.2) is 9.82 Å². The van der Waals surface area contributed by atoms with Gasteiger partial charge in [-0.1, -0.05) is 12.1 Å². The van der Waals surface area contributed by atoms with E-state index >= 15 is 0 Å². The Balaban J connectivity index is 1.98. The Bertz CT molecular complexity index is 808. The molecule has 0 saturated heterocycles. The minimum absolute atomic E-state index is 0.0940. The fraction of sp³-hybridized carbons (Fsp3) is 0.118. The van der Waals surface area contributed by atoms with Gasteiger partial charge in [0.05, 0.1) is 26.1 Å². The van der Waals surface area contributed by atoms with Gasteiger partial charge in [-0.05, 0) is 24.3 Å². The lowest BCUT2D eigenvalue weighted by atomic mass is 10.2. The van der Waals surface area contributed by atoms with Gasteiger partial charge in [0.1, 0.15) is 17.3 Å². The quantitative estimate of drug-likeness (QED) is 0.492. The van der Waals surface area contributed by atoms with E-state index in [1.807, 2.05) is 0 Å². The van der Waals surface area contributed by atoms with Crippen molar-refractivity contribution in [3.8, 4) is 11.5 Å². The fourth-order valence-electron chi connectivity index (χ4n) is 1.88. The van der Waals surface area contributed by atoms with Crippen molar-refractivity contribution in [1.29, 1.82) is 0 Å². The van der Waals surface area contributed by atoms with Gasteiger partial charge < -0.3 is 14.8 Å². The summed E-state index contributed by atoms with van der Waals surface area (Å²) in [5.41, 5.74) is 2.53. The first-order chi connectivity index (χ1) is 12.0. The molecular weight excluding hydrogens is 329 g/mol. The highest BCUT2D eigenvalue weighted by Gasteiger charge is 2.14. The number of hydrazone groups is 1. The Labute approximate surface area is 143 Å². The Morgan fingerprint density at radius 3 is 2.52 bits per heavy atom. The van der Waals surface area contributed by atoms with Crippen LogP contribution in [0.3, 0.4) is 0 Å². The number of hydrogen-bond acceptors (Lipinski definition) is 5. The second-order valence-electron chi connectivity index (χ2n) is 4.74. The van der Waals surface area contributed by atoms with Crippen molar-refractivity contribution in [2.45, 2.75) is 0 Å². The van der Waals surface area contributed by atoms with Gasteiger partial charge >= 0.3 is 11.8 Å². The molecule has 0 saturated carbocycles. The van der Waals surface area contributed by atoms with Crippen LogP contribution in [-0.4, -0.2) is 32.2 Å². The van der Waals surface area contributed by atoms with Gasteiger partial charge in [0.25, 0.3) is 0 Å². The summed E-state index contributed by atoms with van der Waals surface area (Å²) in [6, 6.07) is 10.5. The van der Waals surface area contributed by atoms with E-state index in [0.717, 1.165) is 0 Å². The van der Waals surface area contributed by atoms with Crippen LogP contribution in [0.1, 0.15) is 5.56 Å². The highest BCUT2D eigenvalue weighted by molar-refractivity contribution is 6.39. The number of anilines is 1. The molecule has 0 aromatic heterocycles. The molecule has 0 unspecified atom stereocenters. The number of amides is 2. The molecule has 7 nitrogen and oxygen atoms in total. The van der Waals surface area contributed by atoms with Crippen LogP contribution >= 0.6 is 0 Å². The first-order valence-electron chi connectivity index (χ1n) is 7.16. The molecule has 0 aliphatic heterocycles. The van der Waals surface area contributed by atoms with Gasteiger partial charge in [0.2, 0.25) is 0 Å². The minimum atomic E-state index is -1.04. The topological polar surface area (TPSA) is 89.0 Å². The maximum atomic E-state index is 13.4. The highest BCUT2D eigenvalue weighted by atomic mass is 19.1. The zero-order chi connectivity index (χ0) is 18.2. The fourth-order valence-corrected chi connectivity index (χ4v) is 1.88. The SMILES string of the molecule is COc1ccc(C=NNC(=O)C(=O)Nc2ccccc2F)c(OC)c1. The molecule has 0 aliphatic carbocycles. The summed E-state index contributed by atoms with van der Waals surface area (Å²) >= 11 is 0. The molecule has 2 aromatic rings. The van der Waals surface area contributed by atoms with E-state index in [2.05, 4.69) is 15.8 Å². The number of carbonyl (C=O) groups excluding carboxylic acids is 2. The van der Waals surface area contributed by atoms with Gasteiger partial charge in [-0.3, -0.25) is 9.59 Å². The normalized spacial score (nSPS) is 10.4. The third kappa shape index (κ3) is 4.77. The monoisotopic (exact) mass is 345 g/mol. The van der Waals surface area contributed by atoms with Crippen LogP contribution in [0.4, 0.5) is 10.1 Å². The van der Waals surface area contributed by atoms with E-state index in [4.69, 9.17) is 9.47 Å². The number of nitrogens with one attached hydrogen (secondary N) is 2. The lowest BCUT2D eigenvalue weighted by Crippen LogP contribution is -2.32. The maximum absolute atomic E-state index is 13.4. The molecular formula is C17H16FN3O4. The van der Waals surface area contributed by atoms with Crippen LogP contribution in [0.2, 0.25) is 0 Å². The first-order valence-corrected chi connectivity index (χ1v) is 7.16. The average molecular weight is 345 g/mol. The molecule has 25 heavy (non-hydrogen) atoms. The maximum Gasteiger partial charge on any atom is 0.329 e. The molecule has 2 amide bonds. The molecule has 0 heterocycles. The molecule has 2 rings (SSSR count). The molecule has 0 atom stereocenters. The van der Waals surface area contributed by atoms with Gasteiger partial charge in [-0.15, -0.1) is 0 Å². The summed E-state index contributed by atoms with van der Waals surface area (Å²) in [5, 5.41) is 5.85. The number of nitrogens with zero attached hydrogens (tertiary/aromatic N) is 1. The second-order valence-corrected chi connectivity index (χ2v) is 4.74. The number of carbonyl (C=O) groups is 2. The van der Waals surface area contributed by atoms with Crippen molar-refractivity contribution in [1.82, 2.24) is 5.43 Å². The number of para-hydroxylation sites is 1. The predicted octanol–water partition coefficient (Wildman–Crippen LogP) is 1.93. The third-order valence-electron chi connectivity index (χ3n) is 3.14. The number of methoxy groups -OCH3 is 2. The smallest absolute Gasteiger partial charge is 0.329 e. The Morgan fingerprint density at radius 2 is 1.84 bits per heavy atom. The van der Waals surface area contributed by atoms with Crippen LogP contribution in [0, 0.1) is 5.82 Å². The van der Waals surface area contributed by atoms with Crippen LogP contribution in [-0.2, 0) is 9.59 Å². The first kappa shape index (κ1) is 17.9.